The molecule has 42 valence electrons. The molecule has 1 atom stereocenters. The minimum absolute atomic E-state index is 0.338. The molecule has 0 aromatic rings. The largest absolute Gasteiger partial charge is 0.300 e. The Bertz CT molecular complexity index is 53.7. The van der Waals surface area contributed by atoms with Gasteiger partial charge in [0.15, 0.2) is 0 Å². The van der Waals surface area contributed by atoms with Crippen LogP contribution in [0.3, 0.4) is 0 Å². The van der Waals surface area contributed by atoms with E-state index in [1.807, 2.05) is 11.8 Å². The van der Waals surface area contributed by atoms with Crippen LogP contribution in [0.5, 0.6) is 0 Å². The number of thioether (sulfide) groups is 1. The van der Waals surface area contributed by atoms with Gasteiger partial charge in [-0.25, -0.2) is 5.90 Å². The van der Waals surface area contributed by atoms with E-state index in [0.717, 1.165) is 12.2 Å². The van der Waals surface area contributed by atoms with Gasteiger partial charge in [-0.1, -0.05) is 0 Å². The first-order chi connectivity index (χ1) is 3.43. The van der Waals surface area contributed by atoms with E-state index in [2.05, 4.69) is 4.84 Å². The fourth-order valence-corrected chi connectivity index (χ4v) is 1.72. The van der Waals surface area contributed by atoms with E-state index in [4.69, 9.17) is 5.90 Å². The van der Waals surface area contributed by atoms with Crippen LogP contribution in [-0.4, -0.2) is 17.6 Å². The monoisotopic (exact) mass is 119 g/mol. The predicted octanol–water partition coefficient (Wildman–Crippen LogP) is 0.382. The van der Waals surface area contributed by atoms with Gasteiger partial charge in [0.05, 0.1) is 6.10 Å². The van der Waals surface area contributed by atoms with E-state index in [1.54, 1.807) is 0 Å². The van der Waals surface area contributed by atoms with Crippen molar-refractivity contribution in [1.29, 1.82) is 0 Å². The maximum absolute atomic E-state index is 4.92. The van der Waals surface area contributed by atoms with Gasteiger partial charge < -0.3 is 4.84 Å². The molecular formula is C4H9NOS. The van der Waals surface area contributed by atoms with Crippen LogP contribution in [0.4, 0.5) is 0 Å². The molecule has 0 amide bonds. The summed E-state index contributed by atoms with van der Waals surface area (Å²) >= 11 is 1.90. The molecule has 1 heterocycles. The second kappa shape index (κ2) is 2.55. The number of nitrogens with two attached hydrogens (primary N) is 1. The zero-order valence-electron chi connectivity index (χ0n) is 4.09. The van der Waals surface area contributed by atoms with Gasteiger partial charge >= 0.3 is 0 Å². The van der Waals surface area contributed by atoms with Gasteiger partial charge in [-0.15, -0.1) is 0 Å². The van der Waals surface area contributed by atoms with E-state index in [-0.39, 0.29) is 0 Å². The van der Waals surface area contributed by atoms with Gasteiger partial charge in [-0.2, -0.15) is 11.8 Å². The zero-order valence-corrected chi connectivity index (χ0v) is 4.91. The Morgan fingerprint density at radius 2 is 2.57 bits per heavy atom. The van der Waals surface area contributed by atoms with Gasteiger partial charge in [-0.3, -0.25) is 0 Å². The van der Waals surface area contributed by atoms with Crippen LogP contribution in [-0.2, 0) is 4.84 Å². The van der Waals surface area contributed by atoms with Crippen molar-refractivity contribution in [3.05, 3.63) is 0 Å². The summed E-state index contributed by atoms with van der Waals surface area (Å²) in [4.78, 5) is 4.59. The molecule has 1 fully saturated rings. The second-order valence-corrected chi connectivity index (χ2v) is 2.77. The normalized spacial score (nSPS) is 31.3. The maximum atomic E-state index is 4.92. The lowest BCUT2D eigenvalue weighted by Gasteiger charge is -2.00. The van der Waals surface area contributed by atoms with Crippen molar-refractivity contribution >= 4 is 11.8 Å². The average Bonchev–Trinajstić information content (AvgIpc) is 2.14. The molecule has 0 radical (unpaired) electrons. The van der Waals surface area contributed by atoms with Crippen LogP contribution >= 0.6 is 11.8 Å². The molecule has 0 aromatic carbocycles. The molecule has 1 unspecified atom stereocenters. The zero-order chi connectivity index (χ0) is 5.11. The van der Waals surface area contributed by atoms with Crippen molar-refractivity contribution in [1.82, 2.24) is 0 Å². The Morgan fingerprint density at radius 1 is 1.71 bits per heavy atom. The first-order valence-electron chi connectivity index (χ1n) is 2.37. The molecule has 1 aliphatic heterocycles. The highest BCUT2D eigenvalue weighted by Crippen LogP contribution is 2.18. The van der Waals surface area contributed by atoms with Crippen molar-refractivity contribution in [3.8, 4) is 0 Å². The highest BCUT2D eigenvalue weighted by molar-refractivity contribution is 7.99. The fourth-order valence-electron chi connectivity index (χ4n) is 0.620. The van der Waals surface area contributed by atoms with E-state index in [1.165, 1.54) is 5.75 Å². The summed E-state index contributed by atoms with van der Waals surface area (Å²) < 4.78 is 0. The van der Waals surface area contributed by atoms with Crippen LogP contribution in [0.2, 0.25) is 0 Å². The Labute approximate surface area is 47.4 Å². The number of hydrogen-bond acceptors (Lipinski definition) is 3. The van der Waals surface area contributed by atoms with Crippen molar-refractivity contribution in [2.24, 2.45) is 5.90 Å². The summed E-state index contributed by atoms with van der Waals surface area (Å²) in [6.07, 6.45) is 1.46. The molecule has 1 rings (SSSR count). The van der Waals surface area contributed by atoms with Gasteiger partial charge in [0.2, 0.25) is 0 Å². The lowest BCUT2D eigenvalue weighted by atomic mass is 10.3. The quantitative estimate of drug-likeness (QED) is 0.507. The van der Waals surface area contributed by atoms with Crippen LogP contribution in [0.1, 0.15) is 6.42 Å². The second-order valence-electron chi connectivity index (χ2n) is 1.62. The Balaban J connectivity index is 2.14. The summed E-state index contributed by atoms with van der Waals surface area (Å²) in [5.41, 5.74) is 0. The molecule has 2 nitrogen and oxygen atoms in total. The third-order valence-corrected chi connectivity index (χ3v) is 2.21. The fraction of sp³-hybridized carbons (Fsp3) is 1.00. The van der Waals surface area contributed by atoms with Crippen molar-refractivity contribution in [2.75, 3.05) is 11.5 Å². The number of rotatable bonds is 1. The Hall–Kier alpha value is 0.270. The summed E-state index contributed by atoms with van der Waals surface area (Å²) in [7, 11) is 0. The molecule has 1 aliphatic rings. The first kappa shape index (κ1) is 5.41. The number of hydrogen-bond donors (Lipinski definition) is 1. The lowest BCUT2D eigenvalue weighted by Crippen LogP contribution is -2.15. The van der Waals surface area contributed by atoms with Gasteiger partial charge in [0, 0.05) is 5.75 Å². The average molecular weight is 119 g/mol. The molecule has 0 aliphatic carbocycles. The minimum atomic E-state index is 0.338. The smallest absolute Gasteiger partial charge is 0.0885 e. The highest BCUT2D eigenvalue weighted by Gasteiger charge is 2.13. The Morgan fingerprint density at radius 3 is 2.86 bits per heavy atom. The van der Waals surface area contributed by atoms with Crippen LogP contribution in [0.15, 0.2) is 0 Å². The third kappa shape index (κ3) is 1.33. The van der Waals surface area contributed by atoms with Crippen LogP contribution in [0.25, 0.3) is 0 Å². The lowest BCUT2D eigenvalue weighted by molar-refractivity contribution is 0.0722. The van der Waals surface area contributed by atoms with Gasteiger partial charge in [-0.05, 0) is 12.2 Å². The molecule has 0 spiro atoms. The molecule has 0 bridgehead atoms. The maximum Gasteiger partial charge on any atom is 0.0885 e. The van der Waals surface area contributed by atoms with Crippen molar-refractivity contribution in [2.45, 2.75) is 12.5 Å². The molecule has 3 heteroatoms. The van der Waals surface area contributed by atoms with Gasteiger partial charge in [0.1, 0.15) is 0 Å². The van der Waals surface area contributed by atoms with E-state index in [9.17, 15) is 0 Å². The summed E-state index contributed by atoms with van der Waals surface area (Å²) in [6.45, 7) is 0. The summed E-state index contributed by atoms with van der Waals surface area (Å²) in [6, 6.07) is 0. The van der Waals surface area contributed by atoms with Crippen LogP contribution < -0.4 is 5.90 Å². The molecule has 0 saturated carbocycles. The molecule has 7 heavy (non-hydrogen) atoms. The topological polar surface area (TPSA) is 35.2 Å². The van der Waals surface area contributed by atoms with Gasteiger partial charge in [0.25, 0.3) is 0 Å². The summed E-state index contributed by atoms with van der Waals surface area (Å²) in [5.74, 6) is 7.21. The predicted molar refractivity (Wildman–Crippen MR) is 31.0 cm³/mol. The molecule has 2 N–H and O–H groups in total. The van der Waals surface area contributed by atoms with Crippen molar-refractivity contribution < 1.29 is 4.84 Å². The van der Waals surface area contributed by atoms with E-state index in [0.29, 0.717) is 6.10 Å². The third-order valence-electron chi connectivity index (χ3n) is 1.08. The summed E-state index contributed by atoms with van der Waals surface area (Å²) in [5, 5.41) is 0. The molecule has 0 aromatic heterocycles. The van der Waals surface area contributed by atoms with Crippen molar-refractivity contribution in [3.63, 3.8) is 0 Å². The first-order valence-corrected chi connectivity index (χ1v) is 3.52. The Kier molecular flexibility index (Phi) is 1.97. The minimum Gasteiger partial charge on any atom is -0.300 e. The SMILES string of the molecule is NOC1CCSC1. The standard InChI is InChI=1S/C4H9NOS/c5-6-4-1-2-7-3-4/h4H,1-3,5H2. The molecule has 1 saturated heterocycles. The highest BCUT2D eigenvalue weighted by atomic mass is 32.2. The van der Waals surface area contributed by atoms with E-state index >= 15 is 0 Å². The molecular weight excluding hydrogens is 110 g/mol. The van der Waals surface area contributed by atoms with Crippen LogP contribution in [0, 0.1) is 0 Å². The van der Waals surface area contributed by atoms with E-state index < -0.39 is 0 Å².